The minimum absolute atomic E-state index is 0.0705. The van der Waals surface area contributed by atoms with Crippen LogP contribution in [0.3, 0.4) is 0 Å². The van der Waals surface area contributed by atoms with Crippen LogP contribution in [0.15, 0.2) is 12.3 Å². The van der Waals surface area contributed by atoms with Gasteiger partial charge < -0.3 is 5.32 Å². The van der Waals surface area contributed by atoms with Gasteiger partial charge in [0, 0.05) is 17.1 Å². The van der Waals surface area contributed by atoms with E-state index in [1.807, 2.05) is 0 Å². The smallest absolute Gasteiger partial charge is 0.269 e. The van der Waals surface area contributed by atoms with E-state index in [-0.39, 0.29) is 11.9 Å². The number of carbonyl (C=O) groups is 1. The Kier molecular flexibility index (Phi) is 2.86. The van der Waals surface area contributed by atoms with Crippen LogP contribution in [0.4, 0.5) is 0 Å². The van der Waals surface area contributed by atoms with Crippen LogP contribution < -0.4 is 5.32 Å². The number of rotatable bonds is 2. The maximum Gasteiger partial charge on any atom is 0.269 e. The molecule has 0 radical (unpaired) electrons. The van der Waals surface area contributed by atoms with E-state index >= 15 is 0 Å². The molecule has 5 heteroatoms. The van der Waals surface area contributed by atoms with E-state index in [0.29, 0.717) is 10.5 Å². The summed E-state index contributed by atoms with van der Waals surface area (Å²) in [7, 11) is 0. The summed E-state index contributed by atoms with van der Waals surface area (Å²) in [5.74, 6) is -0.0705. The zero-order valence-corrected chi connectivity index (χ0v) is 9.25. The zero-order valence-electron chi connectivity index (χ0n) is 7.66. The Morgan fingerprint density at radius 3 is 3.07 bits per heavy atom. The molecule has 0 saturated heterocycles. The van der Waals surface area contributed by atoms with Crippen LogP contribution in [0, 0.1) is 0 Å². The van der Waals surface area contributed by atoms with Crippen molar-refractivity contribution in [3.63, 3.8) is 0 Å². The number of nitrogens with one attached hydrogen (secondary N) is 2. The Morgan fingerprint density at radius 1 is 1.64 bits per heavy atom. The third-order valence-electron chi connectivity index (χ3n) is 2.49. The van der Waals surface area contributed by atoms with E-state index in [4.69, 9.17) is 0 Å². The summed E-state index contributed by atoms with van der Waals surface area (Å²) in [6.45, 7) is 0. The Morgan fingerprint density at radius 2 is 2.50 bits per heavy atom. The topological polar surface area (TPSA) is 57.8 Å². The average molecular weight is 258 g/mol. The van der Waals surface area contributed by atoms with Crippen molar-refractivity contribution in [1.82, 2.24) is 15.5 Å². The average Bonchev–Trinajstić information content (AvgIpc) is 2.77. The maximum absolute atomic E-state index is 11.6. The molecule has 1 fully saturated rings. The van der Waals surface area contributed by atoms with Gasteiger partial charge in [0.1, 0.15) is 5.69 Å². The molecule has 76 valence electrons. The van der Waals surface area contributed by atoms with E-state index in [2.05, 4.69) is 31.4 Å². The number of nitrogens with zero attached hydrogens (tertiary/aromatic N) is 1. The van der Waals surface area contributed by atoms with Crippen molar-refractivity contribution in [2.45, 2.75) is 30.1 Å². The first-order valence-corrected chi connectivity index (χ1v) is 5.63. The van der Waals surface area contributed by atoms with Crippen LogP contribution in [0.5, 0.6) is 0 Å². The van der Waals surface area contributed by atoms with Gasteiger partial charge in [0.05, 0.1) is 0 Å². The number of alkyl halides is 1. The Labute approximate surface area is 90.6 Å². The predicted molar refractivity (Wildman–Crippen MR) is 56.4 cm³/mol. The highest BCUT2D eigenvalue weighted by Crippen LogP contribution is 2.25. The summed E-state index contributed by atoms with van der Waals surface area (Å²) in [6.07, 6.45) is 4.93. The van der Waals surface area contributed by atoms with Crippen LogP contribution >= 0.6 is 15.9 Å². The quantitative estimate of drug-likeness (QED) is 0.789. The molecule has 0 aliphatic heterocycles. The number of H-pyrrole nitrogens is 1. The SMILES string of the molecule is O=C(NC1CCCC1Br)c1ccn[nH]1. The van der Waals surface area contributed by atoms with Crippen molar-refractivity contribution < 1.29 is 4.79 Å². The first kappa shape index (κ1) is 9.71. The molecule has 1 aromatic heterocycles. The Balaban J connectivity index is 1.95. The molecule has 2 rings (SSSR count). The number of hydrogen-bond acceptors (Lipinski definition) is 2. The molecule has 1 aliphatic carbocycles. The minimum Gasteiger partial charge on any atom is -0.347 e. The molecular weight excluding hydrogens is 246 g/mol. The van der Waals surface area contributed by atoms with E-state index in [0.717, 1.165) is 12.8 Å². The van der Waals surface area contributed by atoms with Crippen molar-refractivity contribution in [1.29, 1.82) is 0 Å². The highest BCUT2D eigenvalue weighted by Gasteiger charge is 2.26. The molecule has 2 atom stereocenters. The van der Waals surface area contributed by atoms with Crippen molar-refractivity contribution in [3.05, 3.63) is 18.0 Å². The van der Waals surface area contributed by atoms with Gasteiger partial charge in [0.25, 0.3) is 5.91 Å². The highest BCUT2D eigenvalue weighted by atomic mass is 79.9. The van der Waals surface area contributed by atoms with Gasteiger partial charge in [-0.05, 0) is 18.9 Å². The van der Waals surface area contributed by atoms with Gasteiger partial charge in [0.2, 0.25) is 0 Å². The molecule has 1 aliphatic rings. The van der Waals surface area contributed by atoms with Gasteiger partial charge in [-0.2, -0.15) is 5.10 Å². The van der Waals surface area contributed by atoms with Crippen molar-refractivity contribution in [2.75, 3.05) is 0 Å². The minimum atomic E-state index is -0.0705. The lowest BCUT2D eigenvalue weighted by Crippen LogP contribution is -2.37. The van der Waals surface area contributed by atoms with E-state index in [1.165, 1.54) is 6.42 Å². The molecule has 0 spiro atoms. The fraction of sp³-hybridized carbons (Fsp3) is 0.556. The van der Waals surface area contributed by atoms with E-state index in [9.17, 15) is 4.79 Å². The lowest BCUT2D eigenvalue weighted by Gasteiger charge is -2.14. The number of aromatic amines is 1. The molecule has 14 heavy (non-hydrogen) atoms. The van der Waals surface area contributed by atoms with Gasteiger partial charge in [-0.3, -0.25) is 9.89 Å². The van der Waals surface area contributed by atoms with Crippen molar-refractivity contribution >= 4 is 21.8 Å². The first-order valence-electron chi connectivity index (χ1n) is 4.71. The fourth-order valence-electron chi connectivity index (χ4n) is 1.71. The molecule has 1 heterocycles. The Bertz CT molecular complexity index is 312. The third kappa shape index (κ3) is 1.97. The summed E-state index contributed by atoms with van der Waals surface area (Å²) in [4.78, 5) is 12.0. The fourth-order valence-corrected chi connectivity index (χ4v) is 2.43. The summed E-state index contributed by atoms with van der Waals surface area (Å²) < 4.78 is 0. The summed E-state index contributed by atoms with van der Waals surface area (Å²) >= 11 is 3.56. The highest BCUT2D eigenvalue weighted by molar-refractivity contribution is 9.09. The van der Waals surface area contributed by atoms with Crippen LogP contribution in [0.1, 0.15) is 29.8 Å². The monoisotopic (exact) mass is 257 g/mol. The van der Waals surface area contributed by atoms with E-state index < -0.39 is 0 Å². The number of hydrogen-bond donors (Lipinski definition) is 2. The first-order chi connectivity index (χ1) is 6.77. The Hall–Kier alpha value is -0.840. The van der Waals surface area contributed by atoms with Gasteiger partial charge >= 0.3 is 0 Å². The molecule has 0 bridgehead atoms. The van der Waals surface area contributed by atoms with Crippen molar-refractivity contribution in [3.8, 4) is 0 Å². The maximum atomic E-state index is 11.6. The standard InChI is InChI=1S/C9H12BrN3O/c10-6-2-1-3-7(6)12-9(14)8-4-5-11-13-8/h4-7H,1-3H2,(H,11,13)(H,12,14). The molecule has 2 N–H and O–H groups in total. The zero-order chi connectivity index (χ0) is 9.97. The second kappa shape index (κ2) is 4.13. The van der Waals surface area contributed by atoms with Gasteiger partial charge in [-0.1, -0.05) is 22.4 Å². The van der Waals surface area contributed by atoms with Gasteiger partial charge in [-0.15, -0.1) is 0 Å². The van der Waals surface area contributed by atoms with E-state index in [1.54, 1.807) is 12.3 Å². The normalized spacial score (nSPS) is 26.4. The summed E-state index contributed by atoms with van der Waals surface area (Å²) in [5, 5.41) is 9.36. The largest absolute Gasteiger partial charge is 0.347 e. The van der Waals surface area contributed by atoms with Crippen LogP contribution in [0.2, 0.25) is 0 Å². The number of amides is 1. The lowest BCUT2D eigenvalue weighted by molar-refractivity contribution is 0.0934. The van der Waals surface area contributed by atoms with Gasteiger partial charge in [0.15, 0.2) is 0 Å². The summed E-state index contributed by atoms with van der Waals surface area (Å²) in [5.41, 5.74) is 0.525. The number of carbonyl (C=O) groups excluding carboxylic acids is 1. The van der Waals surface area contributed by atoms with Crippen LogP contribution in [-0.4, -0.2) is 27.0 Å². The molecule has 1 amide bonds. The molecular formula is C9H12BrN3O. The molecule has 1 aromatic rings. The summed E-state index contributed by atoms with van der Waals surface area (Å²) in [6, 6.07) is 1.93. The molecule has 0 aromatic carbocycles. The lowest BCUT2D eigenvalue weighted by atomic mass is 10.2. The third-order valence-corrected chi connectivity index (χ3v) is 3.59. The molecule has 4 nitrogen and oxygen atoms in total. The molecule has 1 saturated carbocycles. The number of halogens is 1. The predicted octanol–water partition coefficient (Wildman–Crippen LogP) is 1.46. The second-order valence-electron chi connectivity index (χ2n) is 3.50. The van der Waals surface area contributed by atoms with Gasteiger partial charge in [-0.25, -0.2) is 0 Å². The van der Waals surface area contributed by atoms with Crippen molar-refractivity contribution in [2.24, 2.45) is 0 Å². The van der Waals surface area contributed by atoms with Crippen LogP contribution in [-0.2, 0) is 0 Å². The van der Waals surface area contributed by atoms with Crippen LogP contribution in [0.25, 0.3) is 0 Å². The number of aromatic nitrogens is 2. The second-order valence-corrected chi connectivity index (χ2v) is 4.67. The molecule has 2 unspecified atom stereocenters.